The molecule has 0 saturated carbocycles. The molecule has 1 aliphatic carbocycles. The number of carbonyl (C=O) groups excluding carboxylic acids is 1. The number of nitrogens with zero attached hydrogens (tertiary/aromatic N) is 3. The number of fused-ring (bicyclic) bond motifs is 3. The van der Waals surface area contributed by atoms with Crippen LogP contribution in [0.5, 0.6) is 0 Å². The van der Waals surface area contributed by atoms with E-state index in [9.17, 15) is 40.9 Å². The van der Waals surface area contributed by atoms with Gasteiger partial charge in [0.1, 0.15) is 10.6 Å². The van der Waals surface area contributed by atoms with E-state index in [2.05, 4.69) is 24.7 Å². The lowest BCUT2D eigenvalue weighted by Crippen LogP contribution is -2.28. The van der Waals surface area contributed by atoms with Crippen LogP contribution in [0, 0.1) is 0 Å². The first kappa shape index (κ1) is 33.4. The molecule has 0 atom stereocenters. The van der Waals surface area contributed by atoms with Gasteiger partial charge in [0, 0.05) is 29.0 Å². The van der Waals surface area contributed by atoms with Gasteiger partial charge in [0.2, 0.25) is 5.78 Å². The molecule has 4 N–H and O–H groups in total. The van der Waals surface area contributed by atoms with Gasteiger partial charge in [0.05, 0.1) is 60.1 Å². The van der Waals surface area contributed by atoms with E-state index in [0.717, 1.165) is 34.3 Å². The molecule has 0 radical (unpaired) electrons. The summed E-state index contributed by atoms with van der Waals surface area (Å²) in [6.07, 6.45) is 2.18. The number of ketones is 1. The summed E-state index contributed by atoms with van der Waals surface area (Å²) in [6.45, 7) is 0. The lowest BCUT2D eigenvalue weighted by Gasteiger charge is -2.25. The molecule has 0 unspecified atom stereocenters. The average Bonchev–Trinajstić information content (AvgIpc) is 3.48. The minimum Gasteiger partial charge on any atom is -0.478 e. The monoisotopic (exact) mass is 754 g/mol. The fraction of sp³-hybridized carbons (Fsp3) is 0.0333. The topological polar surface area (TPSA) is 241 Å². The molecule has 0 fully saturated rings. The van der Waals surface area contributed by atoms with Crippen LogP contribution in [0.25, 0.3) is 37.4 Å². The molecule has 254 valence electrons. The van der Waals surface area contributed by atoms with E-state index in [1.165, 1.54) is 54.7 Å². The number of anilines is 2. The van der Waals surface area contributed by atoms with Crippen LogP contribution in [-0.2, 0) is 29.3 Å². The molecule has 50 heavy (non-hydrogen) atoms. The van der Waals surface area contributed by atoms with Crippen LogP contribution in [-0.4, -0.2) is 64.3 Å². The van der Waals surface area contributed by atoms with E-state index in [4.69, 9.17) is 5.26 Å². The fourth-order valence-electron chi connectivity index (χ4n) is 5.67. The summed E-state index contributed by atoms with van der Waals surface area (Å²) >= 11 is 1.30. The smallest absolute Gasteiger partial charge is 0.335 e. The van der Waals surface area contributed by atoms with Crippen LogP contribution < -0.4 is 10.9 Å². The van der Waals surface area contributed by atoms with Crippen LogP contribution >= 0.6 is 23.4 Å². The number of hydrogen-bond acceptors (Lipinski definition) is 15. The van der Waals surface area contributed by atoms with Crippen LogP contribution in [0.15, 0.2) is 86.3 Å². The minimum absolute atomic E-state index is 0.0460. The van der Waals surface area contributed by atoms with E-state index >= 15 is 0 Å². The Bertz CT molecular complexity index is 2760. The van der Waals surface area contributed by atoms with Gasteiger partial charge >= 0.3 is 5.97 Å². The quantitative estimate of drug-likeness (QED) is 0.0674. The Labute approximate surface area is 288 Å². The van der Waals surface area contributed by atoms with Crippen LogP contribution in [0.2, 0.25) is 0 Å². The number of carboxylic acids is 1. The van der Waals surface area contributed by atoms with Crippen molar-refractivity contribution in [2.45, 2.75) is 14.7 Å². The minimum atomic E-state index is -4.58. The van der Waals surface area contributed by atoms with Crippen molar-refractivity contribution in [3.8, 4) is 16.3 Å². The molecule has 0 amide bonds. The summed E-state index contributed by atoms with van der Waals surface area (Å²) in [5, 5.41) is 24.9. The largest absolute Gasteiger partial charge is 0.478 e. The zero-order valence-corrected chi connectivity index (χ0v) is 28.1. The average molecular weight is 755 g/mol. The molecule has 0 saturated heterocycles. The first-order valence-corrected chi connectivity index (χ1v) is 18.7. The van der Waals surface area contributed by atoms with Gasteiger partial charge in [-0.15, -0.1) is 4.33 Å². The highest BCUT2D eigenvalue weighted by Crippen LogP contribution is 2.45. The summed E-state index contributed by atoms with van der Waals surface area (Å²) in [4.78, 5) is 48.0. The lowest BCUT2D eigenvalue weighted by molar-refractivity contribution is -0.432. The SMILES string of the molecule is CS(=O)(=O)c1c2c3c(c(Nc4ccc(C(=O)O)cc4SOOO)ccc3n(-c3nc4ccc(S(=O)(=O)O)cc4s3)c1=O)C(=O)c1ncccc1-2. The number of nitrogens with one attached hydrogen (secondary N) is 1. The van der Waals surface area contributed by atoms with Crippen LogP contribution in [0.4, 0.5) is 11.4 Å². The maximum absolute atomic E-state index is 14.3. The molecule has 16 nitrogen and oxygen atoms in total. The second-order valence-electron chi connectivity index (χ2n) is 10.7. The predicted octanol–water partition coefficient (Wildman–Crippen LogP) is 4.73. The van der Waals surface area contributed by atoms with Crippen molar-refractivity contribution in [3.05, 3.63) is 94.0 Å². The highest BCUT2D eigenvalue weighted by molar-refractivity contribution is 7.94. The van der Waals surface area contributed by atoms with Crippen molar-refractivity contribution in [1.29, 1.82) is 0 Å². The van der Waals surface area contributed by atoms with E-state index in [0.29, 0.717) is 12.0 Å². The Balaban J connectivity index is 1.57. The standard InChI is InChI=1S/C30H18N4O12S4/c1-49(40,41)27-22-15-3-2-10-31-25(15)26(35)23-18(32-17-6-4-13(29(37)38)11-21(17)48-46-45-39)8-9-19(24(22)23)34(28(27)36)30-33-16-7-5-14(50(42,43)44)12-20(16)47-30/h2-12,32,39H,1H3,(H,37,38)(H,42,43,44). The molecule has 0 spiro atoms. The Morgan fingerprint density at radius 3 is 2.46 bits per heavy atom. The van der Waals surface area contributed by atoms with E-state index in [1.807, 2.05) is 0 Å². The normalized spacial score (nSPS) is 12.7. The van der Waals surface area contributed by atoms with Crippen molar-refractivity contribution in [2.75, 3.05) is 11.6 Å². The number of carbonyl (C=O) groups is 2. The summed E-state index contributed by atoms with van der Waals surface area (Å²) in [5.41, 5.74) is -0.750. The van der Waals surface area contributed by atoms with Crippen molar-refractivity contribution in [1.82, 2.24) is 14.5 Å². The molecule has 0 aliphatic heterocycles. The maximum atomic E-state index is 14.3. The second-order valence-corrected chi connectivity index (χ2v) is 15.8. The van der Waals surface area contributed by atoms with Crippen molar-refractivity contribution in [2.24, 2.45) is 0 Å². The molecular formula is C30H18N4O12S4. The Morgan fingerprint density at radius 1 is 1.00 bits per heavy atom. The number of hydrogen-bond donors (Lipinski definition) is 4. The van der Waals surface area contributed by atoms with Crippen molar-refractivity contribution in [3.63, 3.8) is 0 Å². The molecule has 0 bridgehead atoms. The van der Waals surface area contributed by atoms with Gasteiger partial charge in [-0.1, -0.05) is 22.4 Å². The van der Waals surface area contributed by atoms with E-state index in [-0.39, 0.29) is 70.5 Å². The number of aromatic carboxylic acids is 1. The zero-order valence-electron chi connectivity index (χ0n) is 24.8. The Kier molecular flexibility index (Phi) is 8.07. The number of pyridine rings is 2. The van der Waals surface area contributed by atoms with E-state index in [1.54, 1.807) is 0 Å². The third-order valence-electron chi connectivity index (χ3n) is 7.68. The van der Waals surface area contributed by atoms with Gasteiger partial charge in [-0.25, -0.2) is 23.5 Å². The van der Waals surface area contributed by atoms with Gasteiger partial charge in [-0.2, -0.15) is 8.42 Å². The van der Waals surface area contributed by atoms with Gasteiger partial charge < -0.3 is 10.4 Å². The zero-order chi connectivity index (χ0) is 35.7. The number of rotatable bonds is 9. The number of carboxylic acid groups (broad SMARTS) is 1. The summed E-state index contributed by atoms with van der Waals surface area (Å²) in [7, 11) is -8.92. The van der Waals surface area contributed by atoms with Gasteiger partial charge in [-0.3, -0.25) is 23.7 Å². The molecule has 1 aliphatic rings. The fourth-order valence-corrected chi connectivity index (χ4v) is 8.75. The highest BCUT2D eigenvalue weighted by atomic mass is 32.2. The number of sulfone groups is 1. The van der Waals surface area contributed by atoms with E-state index < -0.39 is 47.1 Å². The number of benzene rings is 3. The number of thiazole rings is 1. The molecule has 7 rings (SSSR count). The first-order valence-electron chi connectivity index (χ1n) is 13.8. The third-order valence-corrected chi connectivity index (χ3v) is 11.3. The van der Waals surface area contributed by atoms with Crippen LogP contribution in [0.1, 0.15) is 26.4 Å². The first-order chi connectivity index (χ1) is 23.7. The summed E-state index contributed by atoms with van der Waals surface area (Å²) < 4.78 is 65.9. The molecule has 3 aromatic carbocycles. The third kappa shape index (κ3) is 5.52. The predicted molar refractivity (Wildman–Crippen MR) is 180 cm³/mol. The highest BCUT2D eigenvalue weighted by Gasteiger charge is 2.36. The molecule has 3 aromatic heterocycles. The number of aromatic nitrogens is 3. The molecular weight excluding hydrogens is 737 g/mol. The Morgan fingerprint density at radius 2 is 1.76 bits per heavy atom. The lowest BCUT2D eigenvalue weighted by atomic mass is 9.85. The van der Waals surface area contributed by atoms with Gasteiger partial charge in [0.25, 0.3) is 15.7 Å². The maximum Gasteiger partial charge on any atom is 0.335 e. The van der Waals surface area contributed by atoms with Crippen molar-refractivity contribution < 1.29 is 50.7 Å². The summed E-state index contributed by atoms with van der Waals surface area (Å²) in [5.74, 6) is -1.90. The van der Waals surface area contributed by atoms with Gasteiger partial charge in [-0.05, 0) is 54.6 Å². The van der Waals surface area contributed by atoms with Gasteiger partial charge in [0.15, 0.2) is 15.0 Å². The molecule has 20 heteroatoms. The van der Waals surface area contributed by atoms with Crippen molar-refractivity contribution >= 4 is 87.6 Å². The second kappa shape index (κ2) is 12.1. The van der Waals surface area contributed by atoms with Crippen LogP contribution in [0.3, 0.4) is 0 Å². The molecule has 3 heterocycles. The molecule has 6 aromatic rings. The Hall–Kier alpha value is -5.06. The summed E-state index contributed by atoms with van der Waals surface area (Å²) in [6, 6.07) is 13.3.